The fraction of sp³-hybridized carbons (Fsp3) is 0.500. The molecule has 13 heavy (non-hydrogen) atoms. The van der Waals surface area contributed by atoms with Crippen LogP contribution in [0.15, 0.2) is 16.2 Å². The quantitative estimate of drug-likeness (QED) is 0.792. The number of tetrazole rings is 1. The van der Waals surface area contributed by atoms with Crippen molar-refractivity contribution >= 4 is 27.7 Å². The first kappa shape index (κ1) is 10.7. The molecule has 5 nitrogen and oxygen atoms in total. The number of aromatic nitrogens is 4. The van der Waals surface area contributed by atoms with Crippen molar-refractivity contribution in [2.24, 2.45) is 0 Å². The largest absolute Gasteiger partial charge is 0.394 e. The van der Waals surface area contributed by atoms with Crippen molar-refractivity contribution in [2.45, 2.75) is 11.7 Å². The topological polar surface area (TPSA) is 63.8 Å². The fourth-order valence-corrected chi connectivity index (χ4v) is 1.68. The first-order valence-corrected chi connectivity index (χ1v) is 5.35. The number of hydrogen-bond acceptors (Lipinski definition) is 5. The molecule has 1 N–H and O–H groups in total. The van der Waals surface area contributed by atoms with E-state index in [4.69, 9.17) is 5.11 Å². The van der Waals surface area contributed by atoms with Gasteiger partial charge in [0.25, 0.3) is 0 Å². The van der Waals surface area contributed by atoms with Crippen LogP contribution >= 0.6 is 27.7 Å². The summed E-state index contributed by atoms with van der Waals surface area (Å²) in [5, 5.41) is 20.4. The lowest BCUT2D eigenvalue weighted by atomic mass is 10.7. The lowest BCUT2D eigenvalue weighted by Crippen LogP contribution is -2.05. The van der Waals surface area contributed by atoms with E-state index in [1.165, 1.54) is 11.8 Å². The maximum absolute atomic E-state index is 8.69. The van der Waals surface area contributed by atoms with Crippen LogP contribution in [-0.4, -0.2) is 37.7 Å². The highest BCUT2D eigenvalue weighted by Gasteiger charge is 2.05. The third-order valence-corrected chi connectivity index (χ3v) is 2.86. The van der Waals surface area contributed by atoms with Gasteiger partial charge in [-0.05, 0) is 14.9 Å². The molecule has 0 aliphatic rings. The molecule has 0 amide bonds. The summed E-state index contributed by atoms with van der Waals surface area (Å²) in [5.74, 6) is 0.714. The van der Waals surface area contributed by atoms with Crippen LogP contribution in [0.2, 0.25) is 0 Å². The highest BCUT2D eigenvalue weighted by Crippen LogP contribution is 2.18. The van der Waals surface area contributed by atoms with Gasteiger partial charge in [-0.3, -0.25) is 0 Å². The Kier molecular flexibility index (Phi) is 4.40. The van der Waals surface area contributed by atoms with Crippen molar-refractivity contribution in [1.29, 1.82) is 0 Å². The smallest absolute Gasteiger partial charge is 0.209 e. The summed E-state index contributed by atoms with van der Waals surface area (Å²) in [6.45, 7) is 4.16. The number of nitrogens with zero attached hydrogens (tertiary/aromatic N) is 4. The van der Waals surface area contributed by atoms with Gasteiger partial charge in [-0.1, -0.05) is 34.3 Å². The molecule has 1 aromatic heterocycles. The molecule has 72 valence electrons. The van der Waals surface area contributed by atoms with E-state index in [0.717, 1.165) is 4.48 Å². The number of hydrogen-bond donors (Lipinski definition) is 1. The molecule has 0 unspecified atom stereocenters. The number of aliphatic hydroxyl groups is 1. The zero-order chi connectivity index (χ0) is 9.68. The Morgan fingerprint density at radius 2 is 2.46 bits per heavy atom. The van der Waals surface area contributed by atoms with Gasteiger partial charge in [0.05, 0.1) is 13.2 Å². The minimum Gasteiger partial charge on any atom is -0.394 e. The van der Waals surface area contributed by atoms with Gasteiger partial charge >= 0.3 is 0 Å². The highest BCUT2D eigenvalue weighted by atomic mass is 79.9. The molecule has 0 aliphatic carbocycles. The predicted octanol–water partition coefficient (Wildman–Crippen LogP) is 0.666. The van der Waals surface area contributed by atoms with E-state index in [-0.39, 0.29) is 6.61 Å². The second kappa shape index (κ2) is 5.36. The summed E-state index contributed by atoms with van der Waals surface area (Å²) in [5.41, 5.74) is 0. The van der Waals surface area contributed by atoms with Gasteiger partial charge in [0, 0.05) is 5.75 Å². The Hall–Kier alpha value is -0.400. The van der Waals surface area contributed by atoms with Gasteiger partial charge in [-0.2, -0.15) is 0 Å². The van der Waals surface area contributed by atoms with Crippen LogP contribution < -0.4 is 0 Å². The van der Waals surface area contributed by atoms with Crippen molar-refractivity contribution in [2.75, 3.05) is 12.4 Å². The zero-order valence-electron chi connectivity index (χ0n) is 6.85. The van der Waals surface area contributed by atoms with Crippen LogP contribution in [-0.2, 0) is 6.54 Å². The minimum atomic E-state index is 0.0356. The maximum atomic E-state index is 8.69. The Morgan fingerprint density at radius 1 is 1.69 bits per heavy atom. The Bertz CT molecular complexity index is 290. The fourth-order valence-electron chi connectivity index (χ4n) is 0.678. The zero-order valence-corrected chi connectivity index (χ0v) is 9.25. The summed E-state index contributed by atoms with van der Waals surface area (Å²) in [6, 6.07) is 0. The van der Waals surface area contributed by atoms with E-state index >= 15 is 0 Å². The van der Waals surface area contributed by atoms with Crippen molar-refractivity contribution in [3.05, 3.63) is 11.1 Å². The van der Waals surface area contributed by atoms with Gasteiger partial charge in [-0.15, -0.1) is 5.10 Å². The lowest BCUT2D eigenvalue weighted by molar-refractivity contribution is 0.262. The monoisotopic (exact) mass is 264 g/mol. The molecule has 7 heteroatoms. The second-order valence-electron chi connectivity index (χ2n) is 2.21. The average Bonchev–Trinajstić information content (AvgIpc) is 2.49. The molecule has 1 aromatic rings. The summed E-state index contributed by atoms with van der Waals surface area (Å²) >= 11 is 4.71. The van der Waals surface area contributed by atoms with Gasteiger partial charge in [0.2, 0.25) is 5.16 Å². The third-order valence-electron chi connectivity index (χ3n) is 1.17. The van der Waals surface area contributed by atoms with E-state index in [2.05, 4.69) is 38.0 Å². The molecule has 1 rings (SSSR count). The molecule has 0 saturated heterocycles. The Labute approximate surface area is 88.3 Å². The molecule has 0 atom stereocenters. The standard InChI is InChI=1S/C6H9BrN4OS/c1-5(7)4-13-6-8-9-10-11(6)2-3-12/h12H,1-4H2. The van der Waals surface area contributed by atoms with Crippen molar-refractivity contribution in [3.8, 4) is 0 Å². The van der Waals surface area contributed by atoms with Crippen LogP contribution in [0.5, 0.6) is 0 Å². The molecule has 0 fully saturated rings. The molecule has 0 aliphatic heterocycles. The minimum absolute atomic E-state index is 0.0356. The van der Waals surface area contributed by atoms with Crippen LogP contribution in [0.25, 0.3) is 0 Å². The summed E-state index contributed by atoms with van der Waals surface area (Å²) in [7, 11) is 0. The summed E-state index contributed by atoms with van der Waals surface area (Å²) < 4.78 is 2.44. The van der Waals surface area contributed by atoms with Crippen LogP contribution in [0.4, 0.5) is 0 Å². The molecule has 0 aromatic carbocycles. The first-order chi connectivity index (χ1) is 6.24. The number of halogens is 1. The SMILES string of the molecule is C=C(Br)CSc1nnnn1CCO. The number of thioether (sulfide) groups is 1. The van der Waals surface area contributed by atoms with Crippen LogP contribution in [0.3, 0.4) is 0 Å². The second-order valence-corrected chi connectivity index (χ2v) is 4.28. The van der Waals surface area contributed by atoms with E-state index in [9.17, 15) is 0 Å². The van der Waals surface area contributed by atoms with Crippen LogP contribution in [0.1, 0.15) is 0 Å². The van der Waals surface area contributed by atoms with Crippen molar-refractivity contribution < 1.29 is 5.11 Å². The van der Waals surface area contributed by atoms with Gasteiger partial charge in [-0.25, -0.2) is 4.68 Å². The van der Waals surface area contributed by atoms with Crippen molar-refractivity contribution in [3.63, 3.8) is 0 Å². The summed E-state index contributed by atoms with van der Waals surface area (Å²) in [4.78, 5) is 0. The molecule has 0 radical (unpaired) electrons. The summed E-state index contributed by atoms with van der Waals surface area (Å²) in [6.07, 6.45) is 0. The van der Waals surface area contributed by atoms with Crippen molar-refractivity contribution in [1.82, 2.24) is 20.2 Å². The molecule has 1 heterocycles. The van der Waals surface area contributed by atoms with Gasteiger partial charge < -0.3 is 5.11 Å². The molecular formula is C6H9BrN4OS. The van der Waals surface area contributed by atoms with Crippen LogP contribution in [0, 0.1) is 0 Å². The van der Waals surface area contributed by atoms with Gasteiger partial charge in [0.15, 0.2) is 0 Å². The van der Waals surface area contributed by atoms with E-state index < -0.39 is 0 Å². The Morgan fingerprint density at radius 3 is 3.08 bits per heavy atom. The Balaban J connectivity index is 2.54. The maximum Gasteiger partial charge on any atom is 0.209 e. The third kappa shape index (κ3) is 3.45. The van der Waals surface area contributed by atoms with E-state index in [0.29, 0.717) is 17.5 Å². The van der Waals surface area contributed by atoms with E-state index in [1.54, 1.807) is 4.68 Å². The predicted molar refractivity (Wildman–Crippen MR) is 53.7 cm³/mol. The molecular weight excluding hydrogens is 256 g/mol. The molecule has 0 spiro atoms. The molecule has 0 saturated carbocycles. The highest BCUT2D eigenvalue weighted by molar-refractivity contribution is 9.11. The first-order valence-electron chi connectivity index (χ1n) is 3.57. The van der Waals surface area contributed by atoms with E-state index in [1.807, 2.05) is 0 Å². The average molecular weight is 265 g/mol. The number of rotatable bonds is 5. The molecule has 0 bridgehead atoms. The van der Waals surface area contributed by atoms with Gasteiger partial charge in [0.1, 0.15) is 0 Å². The lowest BCUT2D eigenvalue weighted by Gasteiger charge is -2.00. The number of aliphatic hydroxyl groups excluding tert-OH is 1. The normalized spacial score (nSPS) is 10.3.